The molecule has 20 heavy (non-hydrogen) atoms. The van der Waals surface area contributed by atoms with Crippen molar-refractivity contribution in [2.75, 3.05) is 18.9 Å². The van der Waals surface area contributed by atoms with E-state index in [1.807, 2.05) is 11.8 Å². The van der Waals surface area contributed by atoms with Crippen LogP contribution in [0.4, 0.5) is 0 Å². The molecule has 2 aliphatic rings. The van der Waals surface area contributed by atoms with Crippen molar-refractivity contribution in [1.82, 2.24) is 5.32 Å². The van der Waals surface area contributed by atoms with Gasteiger partial charge in [-0.15, -0.1) is 11.8 Å². The first-order valence-corrected chi connectivity index (χ1v) is 8.99. The van der Waals surface area contributed by atoms with E-state index in [0.717, 1.165) is 19.6 Å². The second-order valence-corrected chi connectivity index (χ2v) is 6.90. The van der Waals surface area contributed by atoms with Crippen LogP contribution in [-0.2, 0) is 4.74 Å². The molecule has 3 rings (SSSR count). The van der Waals surface area contributed by atoms with Crippen molar-refractivity contribution in [1.29, 1.82) is 0 Å². The van der Waals surface area contributed by atoms with Gasteiger partial charge in [-0.3, -0.25) is 0 Å². The molecule has 0 bridgehead atoms. The second kappa shape index (κ2) is 7.48. The molecule has 1 aromatic rings. The standard InChI is InChI=1S/C17H25NOS/c1-2-7-14(8-3-1)19-12-6-11-18-16-13-20-17-10-5-4-9-15(16)17/h4-5,9-10,14,16,18H,1-3,6-8,11-13H2. The molecule has 0 saturated heterocycles. The van der Waals surface area contributed by atoms with Gasteiger partial charge in [0.25, 0.3) is 0 Å². The van der Waals surface area contributed by atoms with Gasteiger partial charge in [-0.25, -0.2) is 0 Å². The molecule has 1 aromatic carbocycles. The Morgan fingerprint density at radius 2 is 2.00 bits per heavy atom. The summed E-state index contributed by atoms with van der Waals surface area (Å²) in [5.41, 5.74) is 1.48. The van der Waals surface area contributed by atoms with E-state index >= 15 is 0 Å². The molecule has 0 amide bonds. The van der Waals surface area contributed by atoms with E-state index in [1.165, 1.54) is 48.3 Å². The first kappa shape index (κ1) is 14.4. The van der Waals surface area contributed by atoms with E-state index in [2.05, 4.69) is 29.6 Å². The van der Waals surface area contributed by atoms with E-state index in [-0.39, 0.29) is 0 Å². The summed E-state index contributed by atoms with van der Waals surface area (Å²) in [7, 11) is 0. The highest BCUT2D eigenvalue weighted by atomic mass is 32.2. The summed E-state index contributed by atoms with van der Waals surface area (Å²) in [6.07, 6.45) is 8.35. The quantitative estimate of drug-likeness (QED) is 0.795. The van der Waals surface area contributed by atoms with Gasteiger partial charge in [0.2, 0.25) is 0 Å². The zero-order chi connectivity index (χ0) is 13.6. The molecular formula is C17H25NOS. The number of rotatable bonds is 6. The van der Waals surface area contributed by atoms with Crippen LogP contribution in [0.2, 0.25) is 0 Å². The Labute approximate surface area is 126 Å². The van der Waals surface area contributed by atoms with Crippen molar-refractivity contribution in [2.24, 2.45) is 0 Å². The maximum Gasteiger partial charge on any atom is 0.0575 e. The lowest BCUT2D eigenvalue weighted by molar-refractivity contribution is 0.0271. The lowest BCUT2D eigenvalue weighted by Crippen LogP contribution is -2.24. The number of ether oxygens (including phenoxy) is 1. The van der Waals surface area contributed by atoms with Gasteiger partial charge in [0.1, 0.15) is 0 Å². The molecule has 1 atom stereocenters. The van der Waals surface area contributed by atoms with E-state index in [0.29, 0.717) is 12.1 Å². The summed E-state index contributed by atoms with van der Waals surface area (Å²) in [6.45, 7) is 1.98. The van der Waals surface area contributed by atoms with Crippen LogP contribution in [-0.4, -0.2) is 25.0 Å². The fraction of sp³-hybridized carbons (Fsp3) is 0.647. The Kier molecular flexibility index (Phi) is 5.40. The third-order valence-corrected chi connectivity index (χ3v) is 5.50. The van der Waals surface area contributed by atoms with Crippen LogP contribution in [0.1, 0.15) is 50.1 Å². The zero-order valence-corrected chi connectivity index (χ0v) is 13.0. The maximum absolute atomic E-state index is 5.97. The van der Waals surface area contributed by atoms with Crippen molar-refractivity contribution in [3.05, 3.63) is 29.8 Å². The van der Waals surface area contributed by atoms with Crippen molar-refractivity contribution in [3.63, 3.8) is 0 Å². The highest BCUT2D eigenvalue weighted by Crippen LogP contribution is 2.37. The average molecular weight is 291 g/mol. The molecule has 1 fully saturated rings. The van der Waals surface area contributed by atoms with Crippen LogP contribution < -0.4 is 5.32 Å². The van der Waals surface area contributed by atoms with E-state index in [9.17, 15) is 0 Å². The molecule has 2 nitrogen and oxygen atoms in total. The number of hydrogen-bond acceptors (Lipinski definition) is 3. The summed E-state index contributed by atoms with van der Waals surface area (Å²) < 4.78 is 5.97. The molecule has 1 unspecified atom stereocenters. The number of benzene rings is 1. The lowest BCUT2D eigenvalue weighted by atomic mass is 9.98. The molecule has 1 aliphatic heterocycles. The highest BCUT2D eigenvalue weighted by molar-refractivity contribution is 7.99. The van der Waals surface area contributed by atoms with Gasteiger partial charge in [0, 0.05) is 23.3 Å². The van der Waals surface area contributed by atoms with E-state index in [1.54, 1.807) is 0 Å². The van der Waals surface area contributed by atoms with Crippen molar-refractivity contribution in [3.8, 4) is 0 Å². The monoisotopic (exact) mass is 291 g/mol. The Morgan fingerprint density at radius 3 is 2.90 bits per heavy atom. The van der Waals surface area contributed by atoms with Gasteiger partial charge >= 0.3 is 0 Å². The first-order valence-electron chi connectivity index (χ1n) is 8.00. The van der Waals surface area contributed by atoms with Crippen LogP contribution in [0.5, 0.6) is 0 Å². The van der Waals surface area contributed by atoms with Gasteiger partial charge in [-0.2, -0.15) is 0 Å². The Hall–Kier alpha value is -0.510. The van der Waals surface area contributed by atoms with Crippen LogP contribution in [0.15, 0.2) is 29.2 Å². The predicted molar refractivity (Wildman–Crippen MR) is 85.4 cm³/mol. The van der Waals surface area contributed by atoms with Gasteiger partial charge < -0.3 is 10.1 Å². The SMILES string of the molecule is c1ccc2c(c1)SCC2NCCCOC1CCCCC1. The number of hydrogen-bond donors (Lipinski definition) is 1. The van der Waals surface area contributed by atoms with Gasteiger partial charge in [0.15, 0.2) is 0 Å². The number of fused-ring (bicyclic) bond motifs is 1. The molecule has 0 spiro atoms. The third-order valence-electron chi connectivity index (χ3n) is 4.32. The molecule has 1 aliphatic carbocycles. The van der Waals surface area contributed by atoms with Crippen molar-refractivity contribution < 1.29 is 4.74 Å². The molecule has 3 heteroatoms. The summed E-state index contributed by atoms with van der Waals surface area (Å²) >= 11 is 1.97. The second-order valence-electron chi connectivity index (χ2n) is 5.84. The lowest BCUT2D eigenvalue weighted by Gasteiger charge is -2.22. The van der Waals surface area contributed by atoms with Crippen molar-refractivity contribution >= 4 is 11.8 Å². The fourth-order valence-electron chi connectivity index (χ4n) is 3.16. The highest BCUT2D eigenvalue weighted by Gasteiger charge is 2.21. The summed E-state index contributed by atoms with van der Waals surface area (Å²) in [5.74, 6) is 1.17. The van der Waals surface area contributed by atoms with Crippen LogP contribution >= 0.6 is 11.8 Å². The maximum atomic E-state index is 5.97. The summed E-state index contributed by atoms with van der Waals surface area (Å²) in [5, 5.41) is 3.67. The smallest absolute Gasteiger partial charge is 0.0575 e. The Bertz CT molecular complexity index is 417. The van der Waals surface area contributed by atoms with Gasteiger partial charge in [-0.1, -0.05) is 37.5 Å². The third kappa shape index (κ3) is 3.78. The Balaban J connectivity index is 1.32. The minimum absolute atomic E-state index is 0.533. The molecular weight excluding hydrogens is 266 g/mol. The minimum Gasteiger partial charge on any atom is -0.378 e. The number of thioether (sulfide) groups is 1. The number of nitrogens with one attached hydrogen (secondary N) is 1. The van der Waals surface area contributed by atoms with E-state index < -0.39 is 0 Å². The molecule has 110 valence electrons. The predicted octanol–water partition coefficient (Wildman–Crippen LogP) is 4.16. The van der Waals surface area contributed by atoms with Crippen LogP contribution in [0.25, 0.3) is 0 Å². The summed E-state index contributed by atoms with van der Waals surface area (Å²) in [4.78, 5) is 1.45. The summed E-state index contributed by atoms with van der Waals surface area (Å²) in [6, 6.07) is 9.29. The van der Waals surface area contributed by atoms with Crippen LogP contribution in [0, 0.1) is 0 Å². The van der Waals surface area contributed by atoms with Crippen LogP contribution in [0.3, 0.4) is 0 Å². The normalized spacial score (nSPS) is 22.9. The fourth-order valence-corrected chi connectivity index (χ4v) is 4.36. The average Bonchev–Trinajstić information content (AvgIpc) is 2.91. The zero-order valence-electron chi connectivity index (χ0n) is 12.1. The molecule has 1 saturated carbocycles. The van der Waals surface area contributed by atoms with Crippen molar-refractivity contribution in [2.45, 2.75) is 55.6 Å². The molecule has 1 N–H and O–H groups in total. The van der Waals surface area contributed by atoms with E-state index in [4.69, 9.17) is 4.74 Å². The first-order chi connectivity index (χ1) is 9.93. The molecule has 1 heterocycles. The molecule has 0 radical (unpaired) electrons. The van der Waals surface area contributed by atoms with Gasteiger partial charge in [0.05, 0.1) is 6.10 Å². The minimum atomic E-state index is 0.533. The Morgan fingerprint density at radius 1 is 1.15 bits per heavy atom. The van der Waals surface area contributed by atoms with Gasteiger partial charge in [-0.05, 0) is 37.4 Å². The molecule has 0 aromatic heterocycles. The largest absolute Gasteiger partial charge is 0.378 e. The topological polar surface area (TPSA) is 21.3 Å².